The smallest absolute Gasteiger partial charge is 0.231 e. The molecule has 1 aromatic rings. The summed E-state index contributed by atoms with van der Waals surface area (Å²) >= 11 is 0. The molecule has 114 valence electrons. The number of nitrogens with one attached hydrogen (secondary N) is 2. The van der Waals surface area contributed by atoms with E-state index in [0.29, 0.717) is 25.9 Å². The van der Waals surface area contributed by atoms with E-state index in [1.807, 2.05) is 24.3 Å². The summed E-state index contributed by atoms with van der Waals surface area (Å²) in [5.74, 6) is 2.44. The molecule has 0 amide bonds. The Hall–Kier alpha value is -1.44. The predicted octanol–water partition coefficient (Wildman–Crippen LogP) is 2.42. The highest BCUT2D eigenvalue weighted by atomic mass is 127. The molecule has 1 aromatic carbocycles. The van der Waals surface area contributed by atoms with Gasteiger partial charge >= 0.3 is 0 Å². The van der Waals surface area contributed by atoms with Crippen LogP contribution < -0.4 is 20.1 Å². The topological polar surface area (TPSA) is 54.9 Å². The molecule has 1 heterocycles. The standard InChI is InChI=1S/C15H19N3O2.HI/c1-2-7-16-15(18-12-4-5-12)17-9-11-3-6-13-14(8-11)20-10-19-13;/h2-3,6,8,12H,1,4-5,7,9-10H2,(H2,16,17,18);1H. The van der Waals surface area contributed by atoms with Gasteiger partial charge < -0.3 is 20.1 Å². The van der Waals surface area contributed by atoms with Crippen molar-refractivity contribution in [2.24, 2.45) is 4.99 Å². The number of rotatable bonds is 5. The van der Waals surface area contributed by atoms with Crippen molar-refractivity contribution in [3.05, 3.63) is 36.4 Å². The average Bonchev–Trinajstić information content (AvgIpc) is 3.16. The molecule has 1 fully saturated rings. The van der Waals surface area contributed by atoms with E-state index < -0.39 is 0 Å². The van der Waals surface area contributed by atoms with Crippen molar-refractivity contribution in [3.8, 4) is 11.5 Å². The Morgan fingerprint density at radius 1 is 1.33 bits per heavy atom. The van der Waals surface area contributed by atoms with Gasteiger partial charge in [-0.3, -0.25) is 0 Å². The van der Waals surface area contributed by atoms with Crippen molar-refractivity contribution in [3.63, 3.8) is 0 Å². The predicted molar refractivity (Wildman–Crippen MR) is 93.5 cm³/mol. The molecule has 0 spiro atoms. The maximum absolute atomic E-state index is 5.37. The Balaban J connectivity index is 0.00000161. The maximum Gasteiger partial charge on any atom is 0.231 e. The van der Waals surface area contributed by atoms with Crippen LogP contribution in [0.5, 0.6) is 11.5 Å². The van der Waals surface area contributed by atoms with Crippen molar-refractivity contribution in [2.45, 2.75) is 25.4 Å². The van der Waals surface area contributed by atoms with Crippen LogP contribution in [-0.2, 0) is 6.54 Å². The molecule has 0 aromatic heterocycles. The van der Waals surface area contributed by atoms with Crippen LogP contribution in [0.1, 0.15) is 18.4 Å². The van der Waals surface area contributed by atoms with Gasteiger partial charge in [-0.1, -0.05) is 12.1 Å². The van der Waals surface area contributed by atoms with Gasteiger partial charge in [0, 0.05) is 12.6 Å². The highest BCUT2D eigenvalue weighted by molar-refractivity contribution is 14.0. The summed E-state index contributed by atoms with van der Waals surface area (Å²) in [5.41, 5.74) is 1.10. The first kappa shape index (κ1) is 15.9. The lowest BCUT2D eigenvalue weighted by atomic mass is 10.2. The van der Waals surface area contributed by atoms with Gasteiger partial charge in [0.2, 0.25) is 6.79 Å². The molecular weight excluding hydrogens is 381 g/mol. The lowest BCUT2D eigenvalue weighted by Crippen LogP contribution is -2.38. The third-order valence-electron chi connectivity index (χ3n) is 3.19. The zero-order chi connectivity index (χ0) is 13.8. The van der Waals surface area contributed by atoms with Crippen molar-refractivity contribution >= 4 is 29.9 Å². The van der Waals surface area contributed by atoms with E-state index in [1.54, 1.807) is 0 Å². The van der Waals surface area contributed by atoms with Crippen molar-refractivity contribution < 1.29 is 9.47 Å². The summed E-state index contributed by atoms with van der Waals surface area (Å²) in [4.78, 5) is 4.59. The lowest BCUT2D eigenvalue weighted by Gasteiger charge is -2.10. The van der Waals surface area contributed by atoms with Crippen molar-refractivity contribution in [1.29, 1.82) is 0 Å². The fourth-order valence-electron chi connectivity index (χ4n) is 1.95. The Bertz CT molecular complexity index is 530. The van der Waals surface area contributed by atoms with Crippen LogP contribution in [-0.4, -0.2) is 25.3 Å². The normalized spacial score (nSPS) is 16.1. The number of halogens is 1. The summed E-state index contributed by atoms with van der Waals surface area (Å²) < 4.78 is 10.7. The fraction of sp³-hybridized carbons (Fsp3) is 0.400. The minimum atomic E-state index is 0. The number of guanidine groups is 1. The number of aliphatic imine (C=N–C) groups is 1. The van der Waals surface area contributed by atoms with Gasteiger partial charge in [0.15, 0.2) is 17.5 Å². The molecule has 2 N–H and O–H groups in total. The lowest BCUT2D eigenvalue weighted by molar-refractivity contribution is 0.174. The van der Waals surface area contributed by atoms with E-state index in [2.05, 4.69) is 22.2 Å². The second kappa shape index (κ2) is 7.53. The molecule has 0 saturated heterocycles. The molecule has 0 bridgehead atoms. The second-order valence-electron chi connectivity index (χ2n) is 4.94. The Morgan fingerprint density at radius 2 is 2.14 bits per heavy atom. The highest BCUT2D eigenvalue weighted by Crippen LogP contribution is 2.32. The minimum absolute atomic E-state index is 0. The number of hydrogen-bond donors (Lipinski definition) is 2. The van der Waals surface area contributed by atoms with Gasteiger partial charge in [-0.05, 0) is 30.5 Å². The van der Waals surface area contributed by atoms with Crippen molar-refractivity contribution in [2.75, 3.05) is 13.3 Å². The van der Waals surface area contributed by atoms with Crippen LogP contribution in [0, 0.1) is 0 Å². The number of hydrogen-bond acceptors (Lipinski definition) is 3. The molecular formula is C15H20IN3O2. The van der Waals surface area contributed by atoms with E-state index >= 15 is 0 Å². The average molecular weight is 401 g/mol. The molecule has 1 aliphatic heterocycles. The minimum Gasteiger partial charge on any atom is -0.454 e. The third-order valence-corrected chi connectivity index (χ3v) is 3.19. The van der Waals surface area contributed by atoms with E-state index in [1.165, 1.54) is 12.8 Å². The van der Waals surface area contributed by atoms with Gasteiger partial charge in [0.05, 0.1) is 6.54 Å². The molecule has 6 heteroatoms. The first-order valence-electron chi connectivity index (χ1n) is 6.89. The zero-order valence-corrected chi connectivity index (χ0v) is 14.1. The SMILES string of the molecule is C=CCNC(=NCc1ccc2c(c1)OCO2)NC1CC1.I. The van der Waals surface area contributed by atoms with Gasteiger partial charge in [0.1, 0.15) is 0 Å². The third kappa shape index (κ3) is 4.52. The molecule has 0 unspecified atom stereocenters. The number of nitrogens with zero attached hydrogens (tertiary/aromatic N) is 1. The first-order valence-corrected chi connectivity index (χ1v) is 6.89. The highest BCUT2D eigenvalue weighted by Gasteiger charge is 2.22. The molecule has 3 rings (SSSR count). The van der Waals surface area contributed by atoms with Crippen LogP contribution in [0.4, 0.5) is 0 Å². The van der Waals surface area contributed by atoms with E-state index in [0.717, 1.165) is 23.0 Å². The van der Waals surface area contributed by atoms with E-state index in [-0.39, 0.29) is 24.0 Å². The van der Waals surface area contributed by atoms with E-state index in [4.69, 9.17) is 9.47 Å². The van der Waals surface area contributed by atoms with Crippen LogP contribution in [0.2, 0.25) is 0 Å². The zero-order valence-electron chi connectivity index (χ0n) is 11.8. The second-order valence-corrected chi connectivity index (χ2v) is 4.94. The Kier molecular flexibility index (Phi) is 5.72. The Morgan fingerprint density at radius 3 is 2.90 bits per heavy atom. The first-order chi connectivity index (χ1) is 9.85. The largest absolute Gasteiger partial charge is 0.454 e. The maximum atomic E-state index is 5.37. The fourth-order valence-corrected chi connectivity index (χ4v) is 1.95. The summed E-state index contributed by atoms with van der Waals surface area (Å²) in [6.45, 7) is 5.33. The molecule has 0 atom stereocenters. The van der Waals surface area contributed by atoms with Crippen LogP contribution in [0.25, 0.3) is 0 Å². The Labute approximate surface area is 141 Å². The summed E-state index contributed by atoms with van der Waals surface area (Å²) in [7, 11) is 0. The van der Waals surface area contributed by atoms with Crippen molar-refractivity contribution in [1.82, 2.24) is 10.6 Å². The van der Waals surface area contributed by atoms with Gasteiger partial charge in [-0.25, -0.2) is 4.99 Å². The van der Waals surface area contributed by atoms with Crippen LogP contribution >= 0.6 is 24.0 Å². The molecule has 1 aliphatic carbocycles. The van der Waals surface area contributed by atoms with Gasteiger partial charge in [-0.15, -0.1) is 30.6 Å². The number of fused-ring (bicyclic) bond motifs is 1. The van der Waals surface area contributed by atoms with E-state index in [9.17, 15) is 0 Å². The monoisotopic (exact) mass is 401 g/mol. The van der Waals surface area contributed by atoms with Crippen LogP contribution in [0.3, 0.4) is 0 Å². The summed E-state index contributed by atoms with van der Waals surface area (Å²) in [5, 5.41) is 6.61. The summed E-state index contributed by atoms with van der Waals surface area (Å²) in [6.07, 6.45) is 4.27. The summed E-state index contributed by atoms with van der Waals surface area (Å²) in [6, 6.07) is 6.49. The van der Waals surface area contributed by atoms with Gasteiger partial charge in [0.25, 0.3) is 0 Å². The molecule has 0 radical (unpaired) electrons. The molecule has 5 nitrogen and oxygen atoms in total. The molecule has 2 aliphatic rings. The number of benzene rings is 1. The van der Waals surface area contributed by atoms with Gasteiger partial charge in [-0.2, -0.15) is 0 Å². The molecule has 1 saturated carbocycles. The van der Waals surface area contributed by atoms with Crippen LogP contribution in [0.15, 0.2) is 35.8 Å². The molecule has 21 heavy (non-hydrogen) atoms. The quantitative estimate of drug-likeness (QED) is 0.345. The number of ether oxygens (including phenoxy) is 2.